The molecule has 110 valence electrons. The van der Waals surface area contributed by atoms with E-state index in [1.54, 1.807) is 10.6 Å². The number of hydrogen-bond donors (Lipinski definition) is 0. The molecule has 0 atom stereocenters. The second-order valence-electron chi connectivity index (χ2n) is 4.71. The van der Waals surface area contributed by atoms with Gasteiger partial charge in [0.25, 0.3) is 5.56 Å². The second kappa shape index (κ2) is 5.14. The Labute approximate surface area is 121 Å². The van der Waals surface area contributed by atoms with Crippen molar-refractivity contribution in [3.63, 3.8) is 0 Å². The fourth-order valence-corrected chi connectivity index (χ4v) is 3.18. The van der Waals surface area contributed by atoms with E-state index < -0.39 is 11.7 Å². The minimum atomic E-state index is -4.35. The summed E-state index contributed by atoms with van der Waals surface area (Å²) in [6, 6.07) is 4.76. The van der Waals surface area contributed by atoms with Gasteiger partial charge in [0.1, 0.15) is 0 Å². The van der Waals surface area contributed by atoms with Gasteiger partial charge in [0, 0.05) is 13.1 Å². The standard InChI is InChI=1S/C14H11F3N2OS/c15-14(16,17)10-4-2-9(3-5-10)8-11-12(20)19-7-1-6-18-13(19)21-11/h2-5,8H,1,6-7H2/b11-8-. The van der Waals surface area contributed by atoms with Gasteiger partial charge < -0.3 is 0 Å². The fraction of sp³-hybridized carbons (Fsp3) is 0.286. The van der Waals surface area contributed by atoms with Crippen LogP contribution in [0.4, 0.5) is 13.2 Å². The van der Waals surface area contributed by atoms with Crippen LogP contribution in [-0.4, -0.2) is 11.1 Å². The number of rotatable bonds is 1. The highest BCUT2D eigenvalue weighted by Gasteiger charge is 2.29. The van der Waals surface area contributed by atoms with Gasteiger partial charge in [-0.2, -0.15) is 13.2 Å². The number of alkyl halides is 3. The van der Waals surface area contributed by atoms with Gasteiger partial charge >= 0.3 is 6.18 Å². The van der Waals surface area contributed by atoms with Crippen molar-refractivity contribution >= 4 is 17.4 Å². The monoisotopic (exact) mass is 312 g/mol. The molecule has 1 aliphatic rings. The summed E-state index contributed by atoms with van der Waals surface area (Å²) in [7, 11) is 0. The van der Waals surface area contributed by atoms with Crippen molar-refractivity contribution in [1.29, 1.82) is 0 Å². The number of nitrogens with zero attached hydrogens (tertiary/aromatic N) is 2. The van der Waals surface area contributed by atoms with Gasteiger partial charge in [0.15, 0.2) is 4.80 Å². The van der Waals surface area contributed by atoms with E-state index in [0.29, 0.717) is 28.0 Å². The van der Waals surface area contributed by atoms with E-state index in [-0.39, 0.29) is 5.56 Å². The van der Waals surface area contributed by atoms with Crippen LogP contribution in [0.2, 0.25) is 0 Å². The fourth-order valence-electron chi connectivity index (χ4n) is 2.15. The number of aromatic nitrogens is 1. The molecule has 1 aromatic heterocycles. The molecule has 0 bridgehead atoms. The van der Waals surface area contributed by atoms with Crippen molar-refractivity contribution in [2.75, 3.05) is 6.54 Å². The number of fused-ring (bicyclic) bond motifs is 1. The summed E-state index contributed by atoms with van der Waals surface area (Å²) in [5.74, 6) is 0. The Morgan fingerprint density at radius 1 is 1.24 bits per heavy atom. The third kappa shape index (κ3) is 2.78. The lowest BCUT2D eigenvalue weighted by Crippen LogP contribution is -2.33. The predicted molar refractivity (Wildman–Crippen MR) is 73.9 cm³/mol. The zero-order valence-electron chi connectivity index (χ0n) is 10.9. The van der Waals surface area contributed by atoms with Crippen LogP contribution in [0, 0.1) is 0 Å². The lowest BCUT2D eigenvalue weighted by molar-refractivity contribution is -0.137. The van der Waals surface area contributed by atoms with Crippen LogP contribution in [0.1, 0.15) is 17.5 Å². The maximum atomic E-state index is 12.5. The topological polar surface area (TPSA) is 34.4 Å². The van der Waals surface area contributed by atoms with Crippen molar-refractivity contribution in [2.45, 2.75) is 19.1 Å². The quantitative estimate of drug-likeness (QED) is 0.790. The normalized spacial score (nSPS) is 15.7. The van der Waals surface area contributed by atoms with Gasteiger partial charge in [-0.1, -0.05) is 23.5 Å². The SMILES string of the molecule is O=c1/c(=C/c2ccc(C(F)(F)F)cc2)sc2n1CCCN=2. The van der Waals surface area contributed by atoms with Gasteiger partial charge in [-0.05, 0) is 30.2 Å². The summed E-state index contributed by atoms with van der Waals surface area (Å²) in [5.41, 5.74) is -0.255. The van der Waals surface area contributed by atoms with Crippen molar-refractivity contribution in [2.24, 2.45) is 4.99 Å². The highest BCUT2D eigenvalue weighted by atomic mass is 32.1. The van der Waals surface area contributed by atoms with E-state index in [2.05, 4.69) is 4.99 Å². The molecular weight excluding hydrogens is 301 g/mol. The van der Waals surface area contributed by atoms with E-state index in [0.717, 1.165) is 18.6 Å². The first-order chi connectivity index (χ1) is 9.95. The van der Waals surface area contributed by atoms with Gasteiger partial charge in [-0.3, -0.25) is 14.4 Å². The molecule has 3 rings (SSSR count). The van der Waals surface area contributed by atoms with Crippen molar-refractivity contribution in [3.8, 4) is 0 Å². The lowest BCUT2D eigenvalue weighted by Gasteiger charge is -2.05. The largest absolute Gasteiger partial charge is 0.416 e. The number of hydrogen-bond acceptors (Lipinski definition) is 3. The maximum Gasteiger partial charge on any atom is 0.416 e. The Kier molecular flexibility index (Phi) is 3.44. The van der Waals surface area contributed by atoms with Crippen LogP contribution < -0.4 is 14.9 Å². The van der Waals surface area contributed by atoms with Crippen LogP contribution in [0.25, 0.3) is 6.08 Å². The van der Waals surface area contributed by atoms with E-state index >= 15 is 0 Å². The molecule has 0 unspecified atom stereocenters. The van der Waals surface area contributed by atoms with Crippen LogP contribution in [0.15, 0.2) is 34.1 Å². The molecule has 21 heavy (non-hydrogen) atoms. The molecular formula is C14H11F3N2OS. The first-order valence-corrected chi connectivity index (χ1v) is 7.20. The van der Waals surface area contributed by atoms with Gasteiger partial charge in [-0.15, -0.1) is 0 Å². The molecule has 0 amide bonds. The molecule has 0 radical (unpaired) electrons. The van der Waals surface area contributed by atoms with Crippen LogP contribution in [-0.2, 0) is 12.7 Å². The van der Waals surface area contributed by atoms with Crippen LogP contribution in [0.3, 0.4) is 0 Å². The first-order valence-electron chi connectivity index (χ1n) is 6.38. The van der Waals surface area contributed by atoms with Crippen molar-refractivity contribution < 1.29 is 13.2 Å². The van der Waals surface area contributed by atoms with E-state index in [1.165, 1.54) is 23.5 Å². The molecule has 0 fully saturated rings. The van der Waals surface area contributed by atoms with Crippen molar-refractivity contribution in [1.82, 2.24) is 4.57 Å². The second-order valence-corrected chi connectivity index (χ2v) is 5.71. The third-order valence-electron chi connectivity index (χ3n) is 3.21. The smallest absolute Gasteiger partial charge is 0.284 e. The van der Waals surface area contributed by atoms with Gasteiger partial charge in [-0.25, -0.2) is 0 Å². The van der Waals surface area contributed by atoms with E-state index in [4.69, 9.17) is 0 Å². The Hall–Kier alpha value is -1.89. The summed E-state index contributed by atoms with van der Waals surface area (Å²) in [6.07, 6.45) is -1.91. The Morgan fingerprint density at radius 3 is 2.57 bits per heavy atom. The Morgan fingerprint density at radius 2 is 1.95 bits per heavy atom. The minimum Gasteiger partial charge on any atom is -0.284 e. The highest BCUT2D eigenvalue weighted by Crippen LogP contribution is 2.29. The summed E-state index contributed by atoms with van der Waals surface area (Å²) >= 11 is 1.27. The zero-order chi connectivity index (χ0) is 15.0. The number of halogens is 3. The molecule has 1 aromatic carbocycles. The third-order valence-corrected chi connectivity index (χ3v) is 4.26. The van der Waals surface area contributed by atoms with E-state index in [1.807, 2.05) is 0 Å². The minimum absolute atomic E-state index is 0.127. The molecule has 2 heterocycles. The lowest BCUT2D eigenvalue weighted by atomic mass is 10.1. The van der Waals surface area contributed by atoms with Crippen molar-refractivity contribution in [3.05, 3.63) is 55.1 Å². The molecule has 0 aliphatic carbocycles. The molecule has 7 heteroatoms. The first kappa shape index (κ1) is 14.1. The Balaban J connectivity index is 2.04. The average molecular weight is 312 g/mol. The molecule has 0 spiro atoms. The zero-order valence-corrected chi connectivity index (χ0v) is 11.7. The highest BCUT2D eigenvalue weighted by molar-refractivity contribution is 7.07. The summed E-state index contributed by atoms with van der Waals surface area (Å²) in [5, 5.41) is 0. The molecule has 0 saturated carbocycles. The number of thiazole rings is 1. The maximum absolute atomic E-state index is 12.5. The summed E-state index contributed by atoms with van der Waals surface area (Å²) < 4.78 is 39.6. The number of benzene rings is 1. The average Bonchev–Trinajstić information content (AvgIpc) is 2.76. The molecule has 0 saturated heterocycles. The summed E-state index contributed by atoms with van der Waals surface area (Å²) in [4.78, 5) is 17.1. The molecule has 3 nitrogen and oxygen atoms in total. The Bertz CT molecular complexity index is 831. The molecule has 2 aromatic rings. The van der Waals surface area contributed by atoms with E-state index in [9.17, 15) is 18.0 Å². The summed E-state index contributed by atoms with van der Waals surface area (Å²) in [6.45, 7) is 1.36. The predicted octanol–water partition coefficient (Wildman–Crippen LogP) is 1.78. The van der Waals surface area contributed by atoms with Crippen LogP contribution in [0.5, 0.6) is 0 Å². The van der Waals surface area contributed by atoms with Gasteiger partial charge in [0.05, 0.1) is 10.1 Å². The van der Waals surface area contributed by atoms with Crippen LogP contribution >= 0.6 is 11.3 Å². The molecule has 1 aliphatic heterocycles. The van der Waals surface area contributed by atoms with Gasteiger partial charge in [0.2, 0.25) is 0 Å². The molecule has 0 N–H and O–H groups in total.